The van der Waals surface area contributed by atoms with Crippen LogP contribution in [0, 0.1) is 5.92 Å². The smallest absolute Gasteiger partial charge is 0.257 e. The van der Waals surface area contributed by atoms with Crippen LogP contribution >= 0.6 is 11.8 Å². The van der Waals surface area contributed by atoms with Gasteiger partial charge in [0.05, 0.1) is 25.4 Å². The molecule has 1 aliphatic heterocycles. The summed E-state index contributed by atoms with van der Waals surface area (Å²) in [6.45, 7) is 11.8. The summed E-state index contributed by atoms with van der Waals surface area (Å²) in [5, 5.41) is 3.51. The Morgan fingerprint density at radius 1 is 1.26 bits per heavy atom. The van der Waals surface area contributed by atoms with Gasteiger partial charge in [0.25, 0.3) is 5.91 Å². The molecule has 1 unspecified atom stereocenters. The molecule has 1 N–H and O–H groups in total. The Hall–Kier alpha value is -1.73. The molecule has 0 aliphatic carbocycles. The lowest BCUT2D eigenvalue weighted by atomic mass is 10.2. The van der Waals surface area contributed by atoms with Gasteiger partial charge in [0.15, 0.2) is 5.17 Å². The number of rotatable bonds is 9. The highest BCUT2D eigenvalue weighted by molar-refractivity contribution is 8.14. The van der Waals surface area contributed by atoms with Gasteiger partial charge in [0.1, 0.15) is 11.5 Å². The minimum Gasteiger partial charge on any atom is -0.493 e. The highest BCUT2D eigenvalue weighted by Crippen LogP contribution is 2.25. The number of carbonyl (C=O) groups excluding carboxylic acids is 1. The Bertz CT molecular complexity index is 661. The first-order valence-corrected chi connectivity index (χ1v) is 10.4. The number of hydrogen-bond donors (Lipinski definition) is 1. The summed E-state index contributed by atoms with van der Waals surface area (Å²) in [7, 11) is 0. The van der Waals surface area contributed by atoms with Gasteiger partial charge in [-0.05, 0) is 38.8 Å². The lowest BCUT2D eigenvalue weighted by Crippen LogP contribution is -2.27. The van der Waals surface area contributed by atoms with Crippen molar-refractivity contribution in [1.29, 1.82) is 0 Å². The van der Waals surface area contributed by atoms with E-state index < -0.39 is 0 Å². The maximum absolute atomic E-state index is 12.7. The topological polar surface area (TPSA) is 69.2 Å². The predicted octanol–water partition coefficient (Wildman–Crippen LogP) is 3.75. The van der Waals surface area contributed by atoms with Gasteiger partial charge in [-0.1, -0.05) is 25.6 Å². The Morgan fingerprint density at radius 3 is 2.67 bits per heavy atom. The molecule has 1 heterocycles. The molecule has 2 rings (SSSR count). The van der Waals surface area contributed by atoms with Gasteiger partial charge in [-0.15, -0.1) is 0 Å². The van der Waals surface area contributed by atoms with Crippen molar-refractivity contribution in [3.63, 3.8) is 0 Å². The fourth-order valence-electron chi connectivity index (χ4n) is 2.38. The zero-order valence-electron chi connectivity index (χ0n) is 16.8. The second-order valence-corrected chi connectivity index (χ2v) is 8.09. The molecular formula is C20H30N2O4S. The lowest BCUT2D eigenvalue weighted by molar-refractivity contribution is 0.0976. The van der Waals surface area contributed by atoms with Gasteiger partial charge < -0.3 is 19.5 Å². The third-order valence-electron chi connectivity index (χ3n) is 3.54. The maximum atomic E-state index is 12.7. The van der Waals surface area contributed by atoms with Gasteiger partial charge in [0, 0.05) is 24.0 Å². The van der Waals surface area contributed by atoms with Crippen molar-refractivity contribution in [3.05, 3.63) is 23.8 Å². The molecule has 27 heavy (non-hydrogen) atoms. The number of aliphatic imine (C=N–C) groups is 1. The molecule has 0 aromatic heterocycles. The molecule has 1 atom stereocenters. The first-order valence-electron chi connectivity index (χ1n) is 9.41. The molecule has 0 saturated heterocycles. The van der Waals surface area contributed by atoms with Crippen LogP contribution in [-0.2, 0) is 4.74 Å². The number of nitrogens with zero attached hydrogens (tertiary/aromatic N) is 1. The number of amides is 1. The van der Waals surface area contributed by atoms with E-state index in [1.165, 1.54) is 11.8 Å². The summed E-state index contributed by atoms with van der Waals surface area (Å²) in [5.74, 6) is 2.23. The van der Waals surface area contributed by atoms with Crippen LogP contribution < -0.4 is 14.8 Å². The zero-order chi connectivity index (χ0) is 19.8. The van der Waals surface area contributed by atoms with E-state index in [0.29, 0.717) is 48.0 Å². The van der Waals surface area contributed by atoms with Gasteiger partial charge in [0.2, 0.25) is 0 Å². The fraction of sp³-hybridized carbons (Fsp3) is 0.600. The molecular weight excluding hydrogens is 364 g/mol. The van der Waals surface area contributed by atoms with Crippen molar-refractivity contribution in [3.8, 4) is 11.5 Å². The van der Waals surface area contributed by atoms with Crippen molar-refractivity contribution in [2.45, 2.75) is 46.8 Å². The molecule has 0 fully saturated rings. The monoisotopic (exact) mass is 394 g/mol. The SMILES string of the molecule is CCOCC1CSC(NC(=O)c2cc(OCC(C)C)cc(OC(C)C)c2)=N1. The van der Waals surface area contributed by atoms with Gasteiger partial charge in [-0.3, -0.25) is 9.79 Å². The van der Waals surface area contributed by atoms with Crippen LogP contribution in [0.3, 0.4) is 0 Å². The van der Waals surface area contributed by atoms with E-state index >= 15 is 0 Å². The molecule has 6 nitrogen and oxygen atoms in total. The summed E-state index contributed by atoms with van der Waals surface area (Å²) in [4.78, 5) is 17.2. The van der Waals surface area contributed by atoms with E-state index in [0.717, 1.165) is 5.75 Å². The van der Waals surface area contributed by atoms with Crippen LogP contribution in [0.4, 0.5) is 0 Å². The number of benzene rings is 1. The summed E-state index contributed by atoms with van der Waals surface area (Å²) >= 11 is 1.53. The Morgan fingerprint density at radius 2 is 2.00 bits per heavy atom. The first kappa shape index (κ1) is 21.6. The summed E-state index contributed by atoms with van der Waals surface area (Å²) in [5.41, 5.74) is 0.489. The number of hydrogen-bond acceptors (Lipinski definition) is 6. The van der Waals surface area contributed by atoms with E-state index in [1.807, 2.05) is 26.8 Å². The third-order valence-corrected chi connectivity index (χ3v) is 4.58. The second kappa shape index (κ2) is 10.6. The van der Waals surface area contributed by atoms with E-state index in [-0.39, 0.29) is 18.1 Å². The average Bonchev–Trinajstić information content (AvgIpc) is 3.04. The van der Waals surface area contributed by atoms with Crippen LogP contribution in [-0.4, -0.2) is 48.8 Å². The van der Waals surface area contributed by atoms with Crippen molar-refractivity contribution >= 4 is 22.8 Å². The fourth-order valence-corrected chi connectivity index (χ4v) is 3.29. The van der Waals surface area contributed by atoms with E-state index in [1.54, 1.807) is 12.1 Å². The highest BCUT2D eigenvalue weighted by atomic mass is 32.2. The minimum absolute atomic E-state index is 0.00958. The van der Waals surface area contributed by atoms with E-state index in [9.17, 15) is 4.79 Å². The van der Waals surface area contributed by atoms with Crippen molar-refractivity contribution in [1.82, 2.24) is 5.32 Å². The quantitative estimate of drug-likeness (QED) is 0.691. The van der Waals surface area contributed by atoms with Crippen LogP contribution in [0.25, 0.3) is 0 Å². The molecule has 0 saturated carbocycles. The van der Waals surface area contributed by atoms with Gasteiger partial charge in [-0.25, -0.2) is 0 Å². The Balaban J connectivity index is 2.10. The molecule has 1 amide bonds. The summed E-state index contributed by atoms with van der Waals surface area (Å²) < 4.78 is 17.0. The van der Waals surface area contributed by atoms with E-state index in [4.69, 9.17) is 14.2 Å². The molecule has 7 heteroatoms. The number of nitrogens with one attached hydrogen (secondary N) is 1. The average molecular weight is 395 g/mol. The van der Waals surface area contributed by atoms with E-state index in [2.05, 4.69) is 24.2 Å². The minimum atomic E-state index is -0.220. The van der Waals surface area contributed by atoms with Crippen molar-refractivity contribution < 1.29 is 19.0 Å². The van der Waals surface area contributed by atoms with Crippen molar-refractivity contribution in [2.24, 2.45) is 10.9 Å². The zero-order valence-corrected chi connectivity index (χ0v) is 17.6. The first-order chi connectivity index (χ1) is 12.9. The van der Waals surface area contributed by atoms with Crippen LogP contribution in [0.1, 0.15) is 45.0 Å². The highest BCUT2D eigenvalue weighted by Gasteiger charge is 2.21. The standard InChI is InChI=1S/C20H30N2O4S/c1-6-24-11-16-12-27-20(21-16)22-19(23)15-7-17(25-10-13(2)3)9-18(8-15)26-14(4)5/h7-9,13-14,16H,6,10-12H2,1-5H3,(H,21,22,23). The third kappa shape index (κ3) is 7.42. The molecule has 1 aromatic rings. The second-order valence-electron chi connectivity index (χ2n) is 7.08. The maximum Gasteiger partial charge on any atom is 0.257 e. The normalized spacial score (nSPS) is 16.6. The van der Waals surface area contributed by atoms with Crippen LogP contribution in [0.2, 0.25) is 0 Å². The van der Waals surface area contributed by atoms with Crippen LogP contribution in [0.5, 0.6) is 11.5 Å². The number of amidine groups is 1. The van der Waals surface area contributed by atoms with Gasteiger partial charge >= 0.3 is 0 Å². The molecule has 1 aliphatic rings. The molecule has 0 radical (unpaired) electrons. The predicted molar refractivity (Wildman–Crippen MR) is 110 cm³/mol. The molecule has 150 valence electrons. The van der Waals surface area contributed by atoms with Crippen LogP contribution in [0.15, 0.2) is 23.2 Å². The number of ether oxygens (including phenoxy) is 3. The Kier molecular flexibility index (Phi) is 8.44. The number of carbonyl (C=O) groups is 1. The number of thioether (sulfide) groups is 1. The largest absolute Gasteiger partial charge is 0.493 e. The summed E-state index contributed by atoms with van der Waals surface area (Å²) in [6.07, 6.45) is 0.00958. The lowest BCUT2D eigenvalue weighted by Gasteiger charge is -2.15. The van der Waals surface area contributed by atoms with Gasteiger partial charge in [-0.2, -0.15) is 0 Å². The molecule has 0 spiro atoms. The summed E-state index contributed by atoms with van der Waals surface area (Å²) in [6, 6.07) is 5.38. The molecule has 0 bridgehead atoms. The van der Waals surface area contributed by atoms with Crippen molar-refractivity contribution in [2.75, 3.05) is 25.6 Å². The Labute approximate surface area is 166 Å². The molecule has 1 aromatic carbocycles.